The second-order valence-corrected chi connectivity index (χ2v) is 5.69. The summed E-state index contributed by atoms with van der Waals surface area (Å²) in [5, 5.41) is 6.23. The van der Waals surface area contributed by atoms with E-state index < -0.39 is 0 Å². The van der Waals surface area contributed by atoms with Gasteiger partial charge in [-0.15, -0.1) is 17.0 Å². The van der Waals surface area contributed by atoms with Crippen LogP contribution in [0.4, 0.5) is 0 Å². The highest BCUT2D eigenvalue weighted by molar-refractivity contribution is 8.93. The number of hydrogen-bond donors (Lipinski definition) is 1. The first kappa shape index (κ1) is 16.3. The van der Waals surface area contributed by atoms with Gasteiger partial charge in [0.15, 0.2) is 0 Å². The number of fused-ring (bicyclic) bond motifs is 1. The molecule has 0 spiro atoms. The standard InChI is InChI=1S/C18H23NO.BrH/c1-20-18-12-11-14(16-9-5-6-10-17(16)18)13-19-15-7-3-2-4-8-15;/h5-6,9-12,15,19H,2-4,7-8,13H2,1H3;1H. The third-order valence-corrected chi connectivity index (χ3v) is 4.38. The van der Waals surface area contributed by atoms with Crippen LogP contribution < -0.4 is 10.1 Å². The van der Waals surface area contributed by atoms with E-state index in [1.807, 2.05) is 0 Å². The van der Waals surface area contributed by atoms with Crippen LogP contribution in [-0.2, 0) is 6.54 Å². The van der Waals surface area contributed by atoms with Crippen LogP contribution in [0.2, 0.25) is 0 Å². The summed E-state index contributed by atoms with van der Waals surface area (Å²) in [7, 11) is 1.74. The van der Waals surface area contributed by atoms with Gasteiger partial charge < -0.3 is 10.1 Å². The number of hydrogen-bond acceptors (Lipinski definition) is 2. The van der Waals surface area contributed by atoms with Crippen molar-refractivity contribution in [3.05, 3.63) is 42.0 Å². The van der Waals surface area contributed by atoms with E-state index in [1.165, 1.54) is 48.4 Å². The lowest BCUT2D eigenvalue weighted by molar-refractivity contribution is 0.372. The van der Waals surface area contributed by atoms with Crippen LogP contribution in [0.3, 0.4) is 0 Å². The summed E-state index contributed by atoms with van der Waals surface area (Å²) >= 11 is 0. The Balaban J connectivity index is 0.00000161. The van der Waals surface area contributed by atoms with Crippen molar-refractivity contribution < 1.29 is 4.74 Å². The Morgan fingerprint density at radius 1 is 1.00 bits per heavy atom. The second-order valence-electron chi connectivity index (χ2n) is 5.69. The fourth-order valence-corrected chi connectivity index (χ4v) is 3.23. The number of halogens is 1. The zero-order valence-electron chi connectivity index (χ0n) is 12.6. The van der Waals surface area contributed by atoms with Crippen molar-refractivity contribution in [1.29, 1.82) is 0 Å². The highest BCUT2D eigenvalue weighted by Gasteiger charge is 2.13. The molecule has 0 aromatic heterocycles. The Morgan fingerprint density at radius 2 is 1.71 bits per heavy atom. The molecule has 0 radical (unpaired) electrons. The number of nitrogens with one attached hydrogen (secondary N) is 1. The van der Waals surface area contributed by atoms with E-state index in [0.29, 0.717) is 6.04 Å². The summed E-state index contributed by atoms with van der Waals surface area (Å²) in [4.78, 5) is 0. The van der Waals surface area contributed by atoms with Crippen molar-refractivity contribution in [2.45, 2.75) is 44.7 Å². The van der Waals surface area contributed by atoms with E-state index in [0.717, 1.165) is 12.3 Å². The lowest BCUT2D eigenvalue weighted by atomic mass is 9.95. The minimum atomic E-state index is 0. The molecule has 1 fully saturated rings. The first-order chi connectivity index (χ1) is 9.88. The number of ether oxygens (including phenoxy) is 1. The molecule has 0 unspecified atom stereocenters. The summed E-state index contributed by atoms with van der Waals surface area (Å²) in [5.74, 6) is 0.960. The summed E-state index contributed by atoms with van der Waals surface area (Å²) < 4.78 is 5.46. The predicted octanol–water partition coefficient (Wildman–Crippen LogP) is 4.85. The van der Waals surface area contributed by atoms with Crippen molar-refractivity contribution in [3.8, 4) is 5.75 Å². The normalized spacial score (nSPS) is 15.7. The van der Waals surface area contributed by atoms with Gasteiger partial charge in [0.25, 0.3) is 0 Å². The molecule has 2 aromatic carbocycles. The van der Waals surface area contributed by atoms with Crippen LogP contribution >= 0.6 is 17.0 Å². The van der Waals surface area contributed by atoms with Crippen LogP contribution in [0.1, 0.15) is 37.7 Å². The third-order valence-electron chi connectivity index (χ3n) is 4.38. The Kier molecular flexibility index (Phi) is 6.07. The summed E-state index contributed by atoms with van der Waals surface area (Å²) in [6, 6.07) is 13.5. The molecule has 21 heavy (non-hydrogen) atoms. The monoisotopic (exact) mass is 349 g/mol. The Morgan fingerprint density at radius 3 is 2.43 bits per heavy atom. The molecule has 1 saturated carbocycles. The summed E-state index contributed by atoms with van der Waals surface area (Å²) in [6.45, 7) is 0.954. The molecule has 3 heteroatoms. The van der Waals surface area contributed by atoms with E-state index >= 15 is 0 Å². The van der Waals surface area contributed by atoms with Crippen molar-refractivity contribution in [1.82, 2.24) is 5.32 Å². The number of benzene rings is 2. The average Bonchev–Trinajstić information content (AvgIpc) is 2.53. The van der Waals surface area contributed by atoms with E-state index in [4.69, 9.17) is 4.74 Å². The second kappa shape index (κ2) is 7.81. The average molecular weight is 350 g/mol. The molecule has 1 aliphatic rings. The van der Waals surface area contributed by atoms with Crippen molar-refractivity contribution in [2.24, 2.45) is 0 Å². The van der Waals surface area contributed by atoms with Gasteiger partial charge in [-0.1, -0.05) is 49.6 Å². The van der Waals surface area contributed by atoms with E-state index in [-0.39, 0.29) is 17.0 Å². The van der Waals surface area contributed by atoms with Crippen LogP contribution in [0, 0.1) is 0 Å². The van der Waals surface area contributed by atoms with Gasteiger partial charge in [-0.3, -0.25) is 0 Å². The maximum atomic E-state index is 5.46. The SMILES string of the molecule is Br.COc1ccc(CNC2CCCCC2)c2ccccc12. The van der Waals surface area contributed by atoms with E-state index in [2.05, 4.69) is 41.7 Å². The van der Waals surface area contributed by atoms with Gasteiger partial charge in [-0.2, -0.15) is 0 Å². The highest BCUT2D eigenvalue weighted by Crippen LogP contribution is 2.28. The molecule has 3 rings (SSSR count). The van der Waals surface area contributed by atoms with Gasteiger partial charge in [0.05, 0.1) is 7.11 Å². The van der Waals surface area contributed by atoms with Crippen molar-refractivity contribution in [3.63, 3.8) is 0 Å². The molecule has 1 aliphatic carbocycles. The molecule has 0 heterocycles. The minimum absolute atomic E-state index is 0. The van der Waals surface area contributed by atoms with Crippen molar-refractivity contribution >= 4 is 27.8 Å². The van der Waals surface area contributed by atoms with Crippen LogP contribution in [0.5, 0.6) is 5.75 Å². The van der Waals surface area contributed by atoms with E-state index in [9.17, 15) is 0 Å². The minimum Gasteiger partial charge on any atom is -0.496 e. The van der Waals surface area contributed by atoms with Gasteiger partial charge in [0, 0.05) is 18.0 Å². The Hall–Kier alpha value is -1.06. The quantitative estimate of drug-likeness (QED) is 0.851. The van der Waals surface area contributed by atoms with E-state index in [1.54, 1.807) is 7.11 Å². The summed E-state index contributed by atoms with van der Waals surface area (Å²) in [5.41, 5.74) is 1.37. The maximum Gasteiger partial charge on any atom is 0.126 e. The van der Waals surface area contributed by atoms with Crippen LogP contribution in [0.25, 0.3) is 10.8 Å². The molecule has 0 bridgehead atoms. The molecule has 0 aliphatic heterocycles. The van der Waals surface area contributed by atoms with Gasteiger partial charge in [0.1, 0.15) is 5.75 Å². The smallest absolute Gasteiger partial charge is 0.126 e. The molecular weight excluding hydrogens is 326 g/mol. The lowest BCUT2D eigenvalue weighted by Crippen LogP contribution is -2.30. The molecule has 0 amide bonds. The summed E-state index contributed by atoms with van der Waals surface area (Å²) in [6.07, 6.45) is 6.81. The highest BCUT2D eigenvalue weighted by atomic mass is 79.9. The first-order valence-electron chi connectivity index (χ1n) is 7.66. The number of methoxy groups -OCH3 is 1. The molecule has 1 N–H and O–H groups in total. The fourth-order valence-electron chi connectivity index (χ4n) is 3.23. The molecule has 2 nitrogen and oxygen atoms in total. The fraction of sp³-hybridized carbons (Fsp3) is 0.444. The molecular formula is C18H24BrNO. The number of rotatable bonds is 4. The van der Waals surface area contributed by atoms with Gasteiger partial charge in [-0.05, 0) is 29.9 Å². The third kappa shape index (κ3) is 3.78. The first-order valence-corrected chi connectivity index (χ1v) is 7.66. The van der Waals surface area contributed by atoms with Gasteiger partial charge in [-0.25, -0.2) is 0 Å². The molecule has 0 saturated heterocycles. The van der Waals surface area contributed by atoms with Gasteiger partial charge >= 0.3 is 0 Å². The van der Waals surface area contributed by atoms with Gasteiger partial charge in [0.2, 0.25) is 0 Å². The largest absolute Gasteiger partial charge is 0.496 e. The maximum absolute atomic E-state index is 5.46. The molecule has 2 aromatic rings. The Labute approximate surface area is 137 Å². The lowest BCUT2D eigenvalue weighted by Gasteiger charge is -2.23. The zero-order chi connectivity index (χ0) is 13.8. The van der Waals surface area contributed by atoms with Crippen LogP contribution in [0.15, 0.2) is 36.4 Å². The molecule has 0 atom stereocenters. The predicted molar refractivity (Wildman–Crippen MR) is 94.5 cm³/mol. The zero-order valence-corrected chi connectivity index (χ0v) is 14.3. The van der Waals surface area contributed by atoms with Crippen LogP contribution in [-0.4, -0.2) is 13.2 Å². The molecule has 114 valence electrons. The topological polar surface area (TPSA) is 21.3 Å². The van der Waals surface area contributed by atoms with Crippen molar-refractivity contribution in [2.75, 3.05) is 7.11 Å². The Bertz CT molecular complexity index is 578.